The monoisotopic (exact) mass is 329 g/mol. The number of para-hydroxylation sites is 1. The van der Waals surface area contributed by atoms with Crippen LogP contribution in [0, 0.1) is 0 Å². The summed E-state index contributed by atoms with van der Waals surface area (Å²) >= 11 is 7.18. The third-order valence-corrected chi connectivity index (χ3v) is 4.17. The molecular weight excluding hydrogens is 318 g/mol. The second-order valence-electron chi connectivity index (χ2n) is 4.58. The van der Waals surface area contributed by atoms with Gasteiger partial charge in [0.15, 0.2) is 10.8 Å². The number of ketones is 1. The van der Waals surface area contributed by atoms with Crippen LogP contribution in [0.1, 0.15) is 16.7 Å². The fourth-order valence-corrected chi connectivity index (χ4v) is 2.81. The second-order valence-corrected chi connectivity index (χ2v) is 5.97. The minimum Gasteiger partial charge on any atom is -0.292 e. The van der Waals surface area contributed by atoms with Crippen LogP contribution >= 0.6 is 22.9 Å². The van der Waals surface area contributed by atoms with Gasteiger partial charge < -0.3 is 0 Å². The van der Waals surface area contributed by atoms with Gasteiger partial charge in [-0.2, -0.15) is 5.10 Å². The Morgan fingerprint density at radius 2 is 1.82 bits per heavy atom. The summed E-state index contributed by atoms with van der Waals surface area (Å²) in [5.41, 5.74) is 1.62. The van der Waals surface area contributed by atoms with Gasteiger partial charge in [-0.3, -0.25) is 4.79 Å². The molecule has 0 N–H and O–H groups in total. The summed E-state index contributed by atoms with van der Waals surface area (Å²) in [5, 5.41) is 5.42. The largest absolute Gasteiger partial charge is 0.292 e. The molecule has 0 saturated carbocycles. The molecule has 0 amide bonds. The maximum atomic E-state index is 11.6. The van der Waals surface area contributed by atoms with E-state index in [0.29, 0.717) is 14.8 Å². The number of carbonyl (C=O) groups excluding carboxylic acids is 1. The lowest BCUT2D eigenvalue weighted by Crippen LogP contribution is -2.13. The molecule has 0 aliphatic rings. The Morgan fingerprint density at radius 1 is 1.14 bits per heavy atom. The molecular formula is C16H12ClN3OS. The lowest BCUT2D eigenvalue weighted by atomic mass is 10.3. The molecule has 0 spiro atoms. The van der Waals surface area contributed by atoms with Crippen molar-refractivity contribution in [2.24, 2.45) is 4.99 Å². The Bertz CT molecular complexity index is 866. The van der Waals surface area contributed by atoms with Crippen molar-refractivity contribution in [1.29, 1.82) is 0 Å². The molecule has 0 saturated heterocycles. The number of hydrogen-bond acceptors (Lipinski definition) is 4. The SMILES string of the molecule is CC(=O)c1nn(-c2ccc(Cl)cc2)c(=Nc2ccccc2)s1. The number of Topliss-reactive ketones (excluding diaryl/α,β-unsaturated/α-hetero) is 1. The van der Waals surface area contributed by atoms with Crippen molar-refractivity contribution in [1.82, 2.24) is 9.78 Å². The first-order valence-electron chi connectivity index (χ1n) is 6.60. The first-order chi connectivity index (χ1) is 10.6. The molecule has 0 fully saturated rings. The predicted molar refractivity (Wildman–Crippen MR) is 88.1 cm³/mol. The number of aromatic nitrogens is 2. The molecule has 110 valence electrons. The topological polar surface area (TPSA) is 47.2 Å². The average Bonchev–Trinajstić information content (AvgIpc) is 2.93. The summed E-state index contributed by atoms with van der Waals surface area (Å²) in [6.07, 6.45) is 0. The summed E-state index contributed by atoms with van der Waals surface area (Å²) in [6.45, 7) is 1.50. The molecule has 0 unspecified atom stereocenters. The van der Waals surface area contributed by atoms with Crippen molar-refractivity contribution in [2.45, 2.75) is 6.92 Å². The normalized spacial score (nSPS) is 11.6. The summed E-state index contributed by atoms with van der Waals surface area (Å²) in [5.74, 6) is -0.0813. The van der Waals surface area contributed by atoms with E-state index < -0.39 is 0 Å². The molecule has 3 aromatic rings. The van der Waals surface area contributed by atoms with Gasteiger partial charge >= 0.3 is 0 Å². The van der Waals surface area contributed by atoms with Crippen LogP contribution in [0.2, 0.25) is 5.02 Å². The molecule has 1 heterocycles. The molecule has 0 aliphatic heterocycles. The van der Waals surface area contributed by atoms with Crippen molar-refractivity contribution in [2.75, 3.05) is 0 Å². The second kappa shape index (κ2) is 6.25. The molecule has 0 atom stereocenters. The summed E-state index contributed by atoms with van der Waals surface area (Å²) < 4.78 is 1.66. The molecule has 4 nitrogen and oxygen atoms in total. The Kier molecular flexibility index (Phi) is 4.18. The number of rotatable bonds is 3. The Morgan fingerprint density at radius 3 is 2.45 bits per heavy atom. The number of benzene rings is 2. The van der Waals surface area contributed by atoms with E-state index in [1.807, 2.05) is 42.5 Å². The van der Waals surface area contributed by atoms with Gasteiger partial charge in [-0.25, -0.2) is 9.67 Å². The van der Waals surface area contributed by atoms with E-state index in [0.717, 1.165) is 11.4 Å². The van der Waals surface area contributed by atoms with E-state index in [1.54, 1.807) is 16.8 Å². The highest BCUT2D eigenvalue weighted by Gasteiger charge is 2.10. The summed E-state index contributed by atoms with van der Waals surface area (Å²) in [6, 6.07) is 16.8. The third kappa shape index (κ3) is 3.16. The molecule has 2 aromatic carbocycles. The van der Waals surface area contributed by atoms with Gasteiger partial charge in [0.1, 0.15) is 0 Å². The van der Waals surface area contributed by atoms with Crippen molar-refractivity contribution < 1.29 is 4.79 Å². The van der Waals surface area contributed by atoms with Gasteiger partial charge in [0, 0.05) is 11.9 Å². The minimum absolute atomic E-state index is 0.0813. The standard InChI is InChI=1S/C16H12ClN3OS/c1-11(21)15-19-20(14-9-7-12(17)8-10-14)16(22-15)18-13-5-3-2-4-6-13/h2-10H,1H3. The minimum atomic E-state index is -0.0813. The van der Waals surface area contributed by atoms with Gasteiger partial charge in [-0.15, -0.1) is 0 Å². The number of carbonyl (C=O) groups is 1. The Balaban J connectivity index is 2.18. The van der Waals surface area contributed by atoms with E-state index >= 15 is 0 Å². The van der Waals surface area contributed by atoms with Crippen LogP contribution in [0.3, 0.4) is 0 Å². The van der Waals surface area contributed by atoms with Crippen LogP contribution in [-0.4, -0.2) is 15.6 Å². The molecule has 6 heteroatoms. The molecule has 0 bridgehead atoms. The third-order valence-electron chi connectivity index (χ3n) is 2.91. The van der Waals surface area contributed by atoms with Gasteiger partial charge in [0.25, 0.3) is 0 Å². The number of halogens is 1. The van der Waals surface area contributed by atoms with Crippen LogP contribution in [-0.2, 0) is 0 Å². The van der Waals surface area contributed by atoms with Crippen LogP contribution in [0.5, 0.6) is 0 Å². The summed E-state index contributed by atoms with van der Waals surface area (Å²) in [4.78, 5) is 16.8. The Hall–Kier alpha value is -2.24. The zero-order valence-corrected chi connectivity index (χ0v) is 13.3. The van der Waals surface area contributed by atoms with Gasteiger partial charge in [-0.05, 0) is 36.4 Å². The molecule has 1 aromatic heterocycles. The molecule has 0 aliphatic carbocycles. The fourth-order valence-electron chi connectivity index (χ4n) is 1.86. The van der Waals surface area contributed by atoms with Gasteiger partial charge in [-0.1, -0.05) is 41.1 Å². The van der Waals surface area contributed by atoms with Gasteiger partial charge in [0.05, 0.1) is 11.4 Å². The first-order valence-corrected chi connectivity index (χ1v) is 7.80. The maximum Gasteiger partial charge on any atom is 0.213 e. The van der Waals surface area contributed by atoms with Crippen molar-refractivity contribution in [3.05, 3.63) is 69.4 Å². The van der Waals surface area contributed by atoms with Crippen LogP contribution in [0.25, 0.3) is 5.69 Å². The number of hydrogen-bond donors (Lipinski definition) is 0. The highest BCUT2D eigenvalue weighted by Crippen LogP contribution is 2.14. The smallest absolute Gasteiger partial charge is 0.213 e. The highest BCUT2D eigenvalue weighted by molar-refractivity contribution is 7.11. The lowest BCUT2D eigenvalue weighted by Gasteiger charge is -2.01. The molecule has 0 radical (unpaired) electrons. The van der Waals surface area contributed by atoms with Crippen molar-refractivity contribution in [3.8, 4) is 5.69 Å². The fraction of sp³-hybridized carbons (Fsp3) is 0.0625. The van der Waals surface area contributed by atoms with E-state index in [1.165, 1.54) is 18.3 Å². The van der Waals surface area contributed by atoms with Gasteiger partial charge in [0.2, 0.25) is 4.80 Å². The quantitative estimate of drug-likeness (QED) is 0.681. The number of nitrogens with zero attached hydrogens (tertiary/aromatic N) is 3. The lowest BCUT2D eigenvalue weighted by molar-refractivity contribution is 0.101. The van der Waals surface area contributed by atoms with E-state index in [-0.39, 0.29) is 5.78 Å². The highest BCUT2D eigenvalue weighted by atomic mass is 35.5. The first kappa shape index (κ1) is 14.7. The zero-order valence-electron chi connectivity index (χ0n) is 11.7. The van der Waals surface area contributed by atoms with E-state index in [9.17, 15) is 4.79 Å². The van der Waals surface area contributed by atoms with Crippen molar-refractivity contribution in [3.63, 3.8) is 0 Å². The maximum absolute atomic E-state index is 11.6. The Labute approximate surface area is 136 Å². The predicted octanol–water partition coefficient (Wildman–Crippen LogP) is 4.02. The van der Waals surface area contributed by atoms with Crippen LogP contribution in [0.15, 0.2) is 59.6 Å². The van der Waals surface area contributed by atoms with Crippen LogP contribution in [0.4, 0.5) is 5.69 Å². The molecule has 3 rings (SSSR count). The van der Waals surface area contributed by atoms with E-state index in [4.69, 9.17) is 11.6 Å². The van der Waals surface area contributed by atoms with Crippen LogP contribution < -0.4 is 4.80 Å². The summed E-state index contributed by atoms with van der Waals surface area (Å²) in [7, 11) is 0. The average molecular weight is 330 g/mol. The van der Waals surface area contributed by atoms with E-state index in [2.05, 4.69) is 10.1 Å². The molecule has 22 heavy (non-hydrogen) atoms. The van der Waals surface area contributed by atoms with Crippen molar-refractivity contribution >= 4 is 34.4 Å². The zero-order chi connectivity index (χ0) is 15.5.